The predicted molar refractivity (Wildman–Crippen MR) is 104 cm³/mol. The van der Waals surface area contributed by atoms with Crippen LogP contribution in [0.25, 0.3) is 0 Å². The molecule has 0 saturated carbocycles. The molecule has 10 heteroatoms. The number of aromatic nitrogens is 3. The number of nitrogens with one attached hydrogen (secondary N) is 1. The molecule has 150 valence electrons. The van der Waals surface area contributed by atoms with Gasteiger partial charge in [0.25, 0.3) is 0 Å². The van der Waals surface area contributed by atoms with Gasteiger partial charge in [-0.25, -0.2) is 9.97 Å². The third kappa shape index (κ3) is 6.15. The quantitative estimate of drug-likeness (QED) is 0.412. The van der Waals surface area contributed by atoms with E-state index < -0.39 is 16.5 Å². The summed E-state index contributed by atoms with van der Waals surface area (Å²) in [6.45, 7) is 5.53. The van der Waals surface area contributed by atoms with Gasteiger partial charge in [-0.1, -0.05) is 0 Å². The molecule has 0 radical (unpaired) electrons. The first kappa shape index (κ1) is 21.0. The molecule has 28 heavy (non-hydrogen) atoms. The Morgan fingerprint density at radius 1 is 1.29 bits per heavy atom. The first-order valence-electron chi connectivity index (χ1n) is 8.72. The Labute approximate surface area is 163 Å². The largest absolute Gasteiger partial charge is 0.459 e. The van der Waals surface area contributed by atoms with E-state index in [0.29, 0.717) is 13.0 Å². The average Bonchev–Trinajstić information content (AvgIpc) is 2.60. The number of anilines is 2. The highest BCUT2D eigenvalue weighted by Gasteiger charge is 2.27. The van der Waals surface area contributed by atoms with Crippen LogP contribution in [0.4, 0.5) is 17.3 Å². The summed E-state index contributed by atoms with van der Waals surface area (Å²) in [5.41, 5.74) is 0.111. The van der Waals surface area contributed by atoms with Crippen LogP contribution >= 0.6 is 0 Å². The lowest BCUT2D eigenvalue weighted by Crippen LogP contribution is -2.33. The minimum absolute atomic E-state index is 0.0391. The SMILES string of the molecule is CN(CC(=O)OC(C)(C)C)c1ncnc(NCCc2ccncc2)c1[N+](=O)[O-]. The van der Waals surface area contributed by atoms with E-state index in [1.807, 2.05) is 12.1 Å². The summed E-state index contributed by atoms with van der Waals surface area (Å²) < 4.78 is 5.26. The highest BCUT2D eigenvalue weighted by Crippen LogP contribution is 2.31. The number of nitro groups is 1. The molecule has 0 saturated heterocycles. The van der Waals surface area contributed by atoms with Crippen molar-refractivity contribution in [2.24, 2.45) is 0 Å². The van der Waals surface area contributed by atoms with Crippen molar-refractivity contribution in [1.29, 1.82) is 0 Å². The van der Waals surface area contributed by atoms with E-state index >= 15 is 0 Å². The summed E-state index contributed by atoms with van der Waals surface area (Å²) in [6, 6.07) is 3.74. The van der Waals surface area contributed by atoms with E-state index in [9.17, 15) is 14.9 Å². The van der Waals surface area contributed by atoms with Gasteiger partial charge in [-0.05, 0) is 44.9 Å². The summed E-state index contributed by atoms with van der Waals surface area (Å²) in [5.74, 6) is -0.368. The van der Waals surface area contributed by atoms with Crippen molar-refractivity contribution in [3.8, 4) is 0 Å². The van der Waals surface area contributed by atoms with Crippen LogP contribution in [-0.2, 0) is 16.0 Å². The second-order valence-electron chi connectivity index (χ2n) is 7.13. The van der Waals surface area contributed by atoms with Crippen LogP contribution in [-0.4, -0.2) is 51.6 Å². The second kappa shape index (κ2) is 9.07. The Balaban J connectivity index is 2.13. The predicted octanol–water partition coefficient (Wildman–Crippen LogP) is 2.21. The molecule has 2 rings (SSSR count). The first-order chi connectivity index (χ1) is 13.2. The molecule has 0 amide bonds. The molecular formula is C18H24N6O4. The van der Waals surface area contributed by atoms with Crippen molar-refractivity contribution in [2.75, 3.05) is 30.4 Å². The lowest BCUT2D eigenvalue weighted by molar-refractivity contribution is -0.383. The molecule has 0 unspecified atom stereocenters. The fourth-order valence-corrected chi connectivity index (χ4v) is 2.46. The zero-order chi connectivity index (χ0) is 20.7. The number of likely N-dealkylation sites (N-methyl/N-ethyl adjacent to an activating group) is 1. The van der Waals surface area contributed by atoms with Crippen LogP contribution in [0.5, 0.6) is 0 Å². The zero-order valence-electron chi connectivity index (χ0n) is 16.4. The van der Waals surface area contributed by atoms with Gasteiger partial charge in [-0.2, -0.15) is 0 Å². The first-order valence-corrected chi connectivity index (χ1v) is 8.72. The van der Waals surface area contributed by atoms with Crippen LogP contribution in [0, 0.1) is 10.1 Å². The van der Waals surface area contributed by atoms with E-state index in [-0.39, 0.29) is 23.9 Å². The molecule has 0 aliphatic carbocycles. The summed E-state index contributed by atoms with van der Waals surface area (Å²) in [6.07, 6.45) is 5.24. The van der Waals surface area contributed by atoms with Crippen LogP contribution < -0.4 is 10.2 Å². The molecule has 2 heterocycles. The van der Waals surface area contributed by atoms with E-state index in [1.165, 1.54) is 11.2 Å². The van der Waals surface area contributed by atoms with Crippen molar-refractivity contribution < 1.29 is 14.5 Å². The van der Waals surface area contributed by atoms with E-state index in [1.54, 1.807) is 40.2 Å². The standard InChI is InChI=1S/C18H24N6O4/c1-18(2,3)28-14(25)11-23(4)17-15(24(26)27)16(21-12-22-17)20-10-7-13-5-8-19-9-6-13/h5-6,8-9,12H,7,10-11H2,1-4H3,(H,20,21,22). The molecule has 0 aliphatic rings. The topological polar surface area (TPSA) is 123 Å². The Bertz CT molecular complexity index is 823. The van der Waals surface area contributed by atoms with Crippen LogP contribution in [0.1, 0.15) is 26.3 Å². The number of rotatable bonds is 8. The number of hydrogen-bond donors (Lipinski definition) is 1. The van der Waals surface area contributed by atoms with Gasteiger partial charge in [0.15, 0.2) is 0 Å². The Kier molecular flexibility index (Phi) is 6.80. The summed E-state index contributed by atoms with van der Waals surface area (Å²) in [5, 5.41) is 14.6. The molecule has 0 atom stereocenters. The van der Waals surface area contributed by atoms with Gasteiger partial charge < -0.3 is 15.0 Å². The number of carbonyl (C=O) groups excluding carboxylic acids is 1. The van der Waals surface area contributed by atoms with Gasteiger partial charge >= 0.3 is 11.7 Å². The molecule has 2 aromatic rings. The summed E-state index contributed by atoms with van der Waals surface area (Å²) >= 11 is 0. The third-order valence-corrected chi connectivity index (χ3v) is 3.59. The van der Waals surface area contributed by atoms with Crippen molar-refractivity contribution in [3.63, 3.8) is 0 Å². The Morgan fingerprint density at radius 3 is 2.57 bits per heavy atom. The number of pyridine rings is 1. The van der Waals surface area contributed by atoms with Crippen molar-refractivity contribution in [2.45, 2.75) is 32.8 Å². The summed E-state index contributed by atoms with van der Waals surface area (Å²) in [4.78, 5) is 36.4. The molecule has 0 aromatic carbocycles. The highest BCUT2D eigenvalue weighted by molar-refractivity contribution is 5.78. The normalized spacial score (nSPS) is 11.0. The van der Waals surface area contributed by atoms with E-state index in [0.717, 1.165) is 5.56 Å². The van der Waals surface area contributed by atoms with Gasteiger partial charge in [0.2, 0.25) is 11.6 Å². The lowest BCUT2D eigenvalue weighted by Gasteiger charge is -2.23. The van der Waals surface area contributed by atoms with Gasteiger partial charge in [0, 0.05) is 26.0 Å². The lowest BCUT2D eigenvalue weighted by atomic mass is 10.2. The van der Waals surface area contributed by atoms with Crippen molar-refractivity contribution >= 4 is 23.3 Å². The molecule has 0 fully saturated rings. The molecule has 1 N–H and O–H groups in total. The maximum absolute atomic E-state index is 12.0. The van der Waals surface area contributed by atoms with Crippen molar-refractivity contribution in [1.82, 2.24) is 15.0 Å². The smallest absolute Gasteiger partial charge is 0.353 e. The van der Waals surface area contributed by atoms with Gasteiger partial charge in [0.1, 0.15) is 18.5 Å². The number of hydrogen-bond acceptors (Lipinski definition) is 9. The van der Waals surface area contributed by atoms with Crippen LogP contribution in [0.3, 0.4) is 0 Å². The van der Waals surface area contributed by atoms with Crippen LogP contribution in [0.15, 0.2) is 30.9 Å². The Morgan fingerprint density at radius 2 is 1.96 bits per heavy atom. The number of ether oxygens (including phenoxy) is 1. The molecule has 0 aliphatic heterocycles. The van der Waals surface area contributed by atoms with Gasteiger partial charge in [-0.15, -0.1) is 0 Å². The van der Waals surface area contributed by atoms with Crippen LogP contribution in [0.2, 0.25) is 0 Å². The van der Waals surface area contributed by atoms with Gasteiger partial charge in [-0.3, -0.25) is 19.9 Å². The fraction of sp³-hybridized carbons (Fsp3) is 0.444. The molecule has 2 aromatic heterocycles. The van der Waals surface area contributed by atoms with E-state index in [4.69, 9.17) is 4.74 Å². The molecule has 0 bridgehead atoms. The average molecular weight is 388 g/mol. The molecule has 0 spiro atoms. The maximum atomic E-state index is 12.0. The maximum Gasteiger partial charge on any atom is 0.353 e. The Hall–Kier alpha value is -3.30. The second-order valence-corrected chi connectivity index (χ2v) is 7.13. The van der Waals surface area contributed by atoms with Crippen molar-refractivity contribution in [3.05, 3.63) is 46.5 Å². The van der Waals surface area contributed by atoms with Gasteiger partial charge in [0.05, 0.1) is 4.92 Å². The minimum atomic E-state index is -0.644. The third-order valence-electron chi connectivity index (χ3n) is 3.59. The number of nitrogens with zero attached hydrogens (tertiary/aromatic N) is 5. The molecule has 10 nitrogen and oxygen atoms in total. The highest BCUT2D eigenvalue weighted by atomic mass is 16.6. The molecular weight excluding hydrogens is 364 g/mol. The number of carbonyl (C=O) groups is 1. The summed E-state index contributed by atoms with van der Waals surface area (Å²) in [7, 11) is 1.54. The monoisotopic (exact) mass is 388 g/mol. The zero-order valence-corrected chi connectivity index (χ0v) is 16.4. The fourth-order valence-electron chi connectivity index (χ4n) is 2.46. The number of esters is 1. The minimum Gasteiger partial charge on any atom is -0.459 e. The van der Waals surface area contributed by atoms with E-state index in [2.05, 4.69) is 20.3 Å².